The molecule has 2 heteroatoms. The highest BCUT2D eigenvalue weighted by Crippen LogP contribution is 2.04. The summed E-state index contributed by atoms with van der Waals surface area (Å²) in [5, 5.41) is 3.35. The van der Waals surface area contributed by atoms with E-state index in [-0.39, 0.29) is 0 Å². The Hall–Kier alpha value is -0.0800. The third-order valence-electron chi connectivity index (χ3n) is 2.16. The van der Waals surface area contributed by atoms with Gasteiger partial charge in [-0.3, -0.25) is 0 Å². The molecular weight excluding hydrogens is 112 g/mol. The van der Waals surface area contributed by atoms with Crippen LogP contribution in [-0.2, 0) is 0 Å². The Bertz CT molecular complexity index is 77.0. The smallest absolute Gasteiger partial charge is 0.0229 e. The average Bonchev–Trinajstić information content (AvgIpc) is 2.37. The SMILES string of the molecule is CCN(C)[C@H]1CCNC1. The van der Waals surface area contributed by atoms with Crippen LogP contribution in [0.5, 0.6) is 0 Å². The Labute approximate surface area is 57.2 Å². The van der Waals surface area contributed by atoms with Gasteiger partial charge in [0.25, 0.3) is 0 Å². The van der Waals surface area contributed by atoms with Gasteiger partial charge in [0, 0.05) is 12.6 Å². The van der Waals surface area contributed by atoms with Crippen molar-refractivity contribution in [2.24, 2.45) is 0 Å². The zero-order valence-electron chi connectivity index (χ0n) is 6.35. The normalized spacial score (nSPS) is 27.7. The molecule has 0 aromatic rings. The van der Waals surface area contributed by atoms with Gasteiger partial charge < -0.3 is 10.2 Å². The molecule has 0 unspecified atom stereocenters. The van der Waals surface area contributed by atoms with E-state index in [0.717, 1.165) is 6.04 Å². The molecule has 0 amide bonds. The second-order valence-electron chi connectivity index (χ2n) is 2.72. The molecule has 0 spiro atoms. The minimum absolute atomic E-state index is 0.801. The number of hydrogen-bond donors (Lipinski definition) is 1. The van der Waals surface area contributed by atoms with Gasteiger partial charge in [-0.15, -0.1) is 0 Å². The summed E-state index contributed by atoms with van der Waals surface area (Å²) >= 11 is 0. The van der Waals surface area contributed by atoms with Crippen LogP contribution in [0.1, 0.15) is 13.3 Å². The lowest BCUT2D eigenvalue weighted by atomic mass is 10.2. The van der Waals surface area contributed by atoms with E-state index < -0.39 is 0 Å². The largest absolute Gasteiger partial charge is 0.315 e. The van der Waals surface area contributed by atoms with Crippen molar-refractivity contribution in [2.45, 2.75) is 19.4 Å². The molecule has 1 fully saturated rings. The molecule has 0 radical (unpaired) electrons. The number of likely N-dealkylation sites (N-methyl/N-ethyl adjacent to an activating group) is 1. The van der Waals surface area contributed by atoms with Crippen molar-refractivity contribution in [3.05, 3.63) is 0 Å². The molecule has 0 aliphatic carbocycles. The first-order valence-corrected chi connectivity index (χ1v) is 3.75. The summed E-state index contributed by atoms with van der Waals surface area (Å²) < 4.78 is 0. The summed E-state index contributed by atoms with van der Waals surface area (Å²) in [6.07, 6.45) is 1.32. The number of nitrogens with one attached hydrogen (secondary N) is 1. The molecule has 0 aromatic heterocycles. The molecule has 1 aliphatic heterocycles. The minimum atomic E-state index is 0.801. The maximum Gasteiger partial charge on any atom is 0.0229 e. The van der Waals surface area contributed by atoms with E-state index in [0.29, 0.717) is 0 Å². The fourth-order valence-electron chi connectivity index (χ4n) is 1.27. The maximum atomic E-state index is 3.35. The van der Waals surface area contributed by atoms with E-state index in [9.17, 15) is 0 Å². The molecule has 1 aliphatic rings. The minimum Gasteiger partial charge on any atom is -0.315 e. The molecule has 0 bridgehead atoms. The van der Waals surface area contributed by atoms with Gasteiger partial charge in [0.2, 0.25) is 0 Å². The second kappa shape index (κ2) is 3.18. The number of rotatable bonds is 2. The van der Waals surface area contributed by atoms with E-state index in [1.807, 2.05) is 0 Å². The highest BCUT2D eigenvalue weighted by atomic mass is 15.2. The van der Waals surface area contributed by atoms with Crippen molar-refractivity contribution in [1.29, 1.82) is 0 Å². The zero-order chi connectivity index (χ0) is 6.69. The lowest BCUT2D eigenvalue weighted by Gasteiger charge is -2.20. The van der Waals surface area contributed by atoms with Crippen molar-refractivity contribution in [3.63, 3.8) is 0 Å². The van der Waals surface area contributed by atoms with Crippen molar-refractivity contribution in [1.82, 2.24) is 10.2 Å². The standard InChI is InChI=1S/C7H16N2/c1-3-9(2)7-4-5-8-6-7/h7-8H,3-6H2,1-2H3/t7-/m0/s1. The summed E-state index contributed by atoms with van der Waals surface area (Å²) in [5.74, 6) is 0. The van der Waals surface area contributed by atoms with Crippen LogP contribution >= 0.6 is 0 Å². The van der Waals surface area contributed by atoms with Gasteiger partial charge in [-0.05, 0) is 26.6 Å². The molecule has 1 rings (SSSR count). The summed E-state index contributed by atoms with van der Waals surface area (Å²) in [7, 11) is 2.19. The Morgan fingerprint density at radius 1 is 1.67 bits per heavy atom. The molecule has 1 N–H and O–H groups in total. The van der Waals surface area contributed by atoms with Gasteiger partial charge in [-0.2, -0.15) is 0 Å². The first-order chi connectivity index (χ1) is 4.34. The fourth-order valence-corrected chi connectivity index (χ4v) is 1.27. The van der Waals surface area contributed by atoms with E-state index in [1.54, 1.807) is 0 Å². The maximum absolute atomic E-state index is 3.35. The van der Waals surface area contributed by atoms with Gasteiger partial charge in [0.15, 0.2) is 0 Å². The number of nitrogens with zero attached hydrogens (tertiary/aromatic N) is 1. The Kier molecular flexibility index (Phi) is 2.49. The molecule has 1 saturated heterocycles. The predicted molar refractivity (Wildman–Crippen MR) is 39.6 cm³/mol. The van der Waals surface area contributed by atoms with Crippen molar-refractivity contribution in [3.8, 4) is 0 Å². The second-order valence-corrected chi connectivity index (χ2v) is 2.72. The molecule has 9 heavy (non-hydrogen) atoms. The Balaban J connectivity index is 2.24. The van der Waals surface area contributed by atoms with Gasteiger partial charge in [-0.25, -0.2) is 0 Å². The topological polar surface area (TPSA) is 15.3 Å². The molecule has 0 saturated carbocycles. The van der Waals surface area contributed by atoms with Crippen LogP contribution in [0.2, 0.25) is 0 Å². The van der Waals surface area contributed by atoms with Crippen LogP contribution in [-0.4, -0.2) is 37.6 Å². The lowest BCUT2D eigenvalue weighted by Crippen LogP contribution is -2.32. The van der Waals surface area contributed by atoms with E-state index in [2.05, 4.69) is 24.2 Å². The third kappa shape index (κ3) is 1.66. The highest BCUT2D eigenvalue weighted by Gasteiger charge is 2.16. The van der Waals surface area contributed by atoms with Crippen molar-refractivity contribution >= 4 is 0 Å². The fraction of sp³-hybridized carbons (Fsp3) is 1.00. The van der Waals surface area contributed by atoms with Gasteiger partial charge in [0.1, 0.15) is 0 Å². The zero-order valence-corrected chi connectivity index (χ0v) is 6.35. The summed E-state index contributed by atoms with van der Waals surface area (Å²) in [4.78, 5) is 2.40. The molecular formula is C7H16N2. The molecule has 1 heterocycles. The summed E-state index contributed by atoms with van der Waals surface area (Å²) in [5.41, 5.74) is 0. The van der Waals surface area contributed by atoms with E-state index >= 15 is 0 Å². The van der Waals surface area contributed by atoms with Gasteiger partial charge in [-0.1, -0.05) is 6.92 Å². The summed E-state index contributed by atoms with van der Waals surface area (Å²) in [6, 6.07) is 0.801. The van der Waals surface area contributed by atoms with Crippen LogP contribution in [0.3, 0.4) is 0 Å². The Morgan fingerprint density at radius 3 is 2.89 bits per heavy atom. The van der Waals surface area contributed by atoms with Crippen molar-refractivity contribution < 1.29 is 0 Å². The summed E-state index contributed by atoms with van der Waals surface area (Å²) in [6.45, 7) is 5.77. The highest BCUT2D eigenvalue weighted by molar-refractivity contribution is 4.77. The van der Waals surface area contributed by atoms with Crippen LogP contribution in [0.25, 0.3) is 0 Å². The van der Waals surface area contributed by atoms with Crippen LogP contribution in [0.15, 0.2) is 0 Å². The molecule has 54 valence electrons. The molecule has 1 atom stereocenters. The quantitative estimate of drug-likeness (QED) is 0.575. The van der Waals surface area contributed by atoms with E-state index in [1.165, 1.54) is 26.1 Å². The van der Waals surface area contributed by atoms with E-state index in [4.69, 9.17) is 0 Å². The number of hydrogen-bond acceptors (Lipinski definition) is 2. The Morgan fingerprint density at radius 2 is 2.44 bits per heavy atom. The molecule has 2 nitrogen and oxygen atoms in total. The van der Waals surface area contributed by atoms with Gasteiger partial charge in [0.05, 0.1) is 0 Å². The average molecular weight is 128 g/mol. The lowest BCUT2D eigenvalue weighted by molar-refractivity contribution is 0.270. The predicted octanol–water partition coefficient (Wildman–Crippen LogP) is 0.300. The monoisotopic (exact) mass is 128 g/mol. The molecule has 0 aromatic carbocycles. The first-order valence-electron chi connectivity index (χ1n) is 3.75. The van der Waals surface area contributed by atoms with Gasteiger partial charge >= 0.3 is 0 Å². The third-order valence-corrected chi connectivity index (χ3v) is 2.16. The van der Waals surface area contributed by atoms with Crippen LogP contribution in [0.4, 0.5) is 0 Å². The van der Waals surface area contributed by atoms with Crippen LogP contribution in [0, 0.1) is 0 Å². The van der Waals surface area contributed by atoms with Crippen LogP contribution < -0.4 is 5.32 Å². The van der Waals surface area contributed by atoms with Crippen molar-refractivity contribution in [2.75, 3.05) is 26.7 Å². The first kappa shape index (κ1) is 7.03.